The lowest BCUT2D eigenvalue weighted by molar-refractivity contribution is -0.0329. The van der Waals surface area contributed by atoms with Crippen LogP contribution in [-0.2, 0) is 0 Å². The largest absolute Gasteiger partial charge is 0.288 e. The van der Waals surface area contributed by atoms with Crippen LogP contribution in [0.5, 0.6) is 0 Å². The Balaban J connectivity index is 2.40. The van der Waals surface area contributed by atoms with Gasteiger partial charge < -0.3 is 0 Å². The van der Waals surface area contributed by atoms with Crippen molar-refractivity contribution in [2.75, 3.05) is 6.54 Å². The number of hydroxylamine groups is 2. The van der Waals surface area contributed by atoms with E-state index in [1.165, 1.54) is 10.6 Å². The molecule has 0 saturated heterocycles. The predicted molar refractivity (Wildman–Crippen MR) is 57.2 cm³/mol. The third kappa shape index (κ3) is 1.67. The van der Waals surface area contributed by atoms with E-state index in [-0.39, 0.29) is 0 Å². The van der Waals surface area contributed by atoms with Gasteiger partial charge in [0.1, 0.15) is 0 Å². The van der Waals surface area contributed by atoms with E-state index in [1.807, 2.05) is 12.3 Å². The summed E-state index contributed by atoms with van der Waals surface area (Å²) in [4.78, 5) is 4.39. The number of thiazole rings is 1. The fourth-order valence-electron chi connectivity index (χ4n) is 1.77. The molecule has 1 aromatic heterocycles. The van der Waals surface area contributed by atoms with Crippen LogP contribution in [-0.4, -0.2) is 21.8 Å². The molecule has 0 spiro atoms. The number of nitrogens with zero attached hydrogens (tertiary/aromatic N) is 2. The van der Waals surface area contributed by atoms with Crippen molar-refractivity contribution in [3.63, 3.8) is 0 Å². The summed E-state index contributed by atoms with van der Waals surface area (Å²) in [5, 5.41) is 14.1. The molecular formula is C10H14N2OS. The van der Waals surface area contributed by atoms with Gasteiger partial charge in [0.15, 0.2) is 0 Å². The summed E-state index contributed by atoms with van der Waals surface area (Å²) in [6, 6.07) is 0. The van der Waals surface area contributed by atoms with Crippen LogP contribution in [0.3, 0.4) is 0 Å². The monoisotopic (exact) mass is 210 g/mol. The van der Waals surface area contributed by atoms with Gasteiger partial charge in [-0.1, -0.05) is 0 Å². The molecule has 2 heterocycles. The minimum absolute atomic E-state index is 0.712. The quantitative estimate of drug-likeness (QED) is 0.774. The highest BCUT2D eigenvalue weighted by Crippen LogP contribution is 2.29. The van der Waals surface area contributed by atoms with Crippen molar-refractivity contribution in [2.24, 2.45) is 0 Å². The zero-order valence-corrected chi connectivity index (χ0v) is 9.27. The number of allylic oxidation sites excluding steroid dienone is 1. The van der Waals surface area contributed by atoms with Gasteiger partial charge in [0.05, 0.1) is 16.4 Å². The zero-order valence-electron chi connectivity index (χ0n) is 8.45. The van der Waals surface area contributed by atoms with Gasteiger partial charge in [-0.3, -0.25) is 10.3 Å². The van der Waals surface area contributed by atoms with Gasteiger partial charge in [-0.15, -0.1) is 11.3 Å². The highest BCUT2D eigenvalue weighted by Gasteiger charge is 2.19. The normalized spacial score (nSPS) is 17.8. The van der Waals surface area contributed by atoms with Crippen LogP contribution in [0.2, 0.25) is 0 Å². The molecule has 3 nitrogen and oxygen atoms in total. The first-order valence-corrected chi connectivity index (χ1v) is 5.65. The second kappa shape index (κ2) is 3.71. The van der Waals surface area contributed by atoms with Crippen LogP contribution >= 0.6 is 11.3 Å². The molecule has 14 heavy (non-hydrogen) atoms. The molecule has 1 aromatic rings. The minimum Gasteiger partial charge on any atom is -0.288 e. The molecule has 0 unspecified atom stereocenters. The molecule has 0 bridgehead atoms. The molecule has 4 heteroatoms. The van der Waals surface area contributed by atoms with Crippen LogP contribution in [0.1, 0.15) is 30.5 Å². The van der Waals surface area contributed by atoms with Crippen LogP contribution in [0.15, 0.2) is 11.0 Å². The molecule has 1 aliphatic heterocycles. The Hall–Kier alpha value is -0.870. The maximum atomic E-state index is 9.74. The summed E-state index contributed by atoms with van der Waals surface area (Å²) in [6.45, 7) is 4.75. The molecule has 0 radical (unpaired) electrons. The van der Waals surface area contributed by atoms with Crippen LogP contribution in [0.25, 0.3) is 5.70 Å². The molecule has 1 aliphatic rings. The van der Waals surface area contributed by atoms with Crippen molar-refractivity contribution in [2.45, 2.75) is 26.7 Å². The van der Waals surface area contributed by atoms with Crippen molar-refractivity contribution in [1.82, 2.24) is 10.0 Å². The van der Waals surface area contributed by atoms with Crippen molar-refractivity contribution >= 4 is 17.0 Å². The van der Waals surface area contributed by atoms with E-state index >= 15 is 0 Å². The second-order valence-electron chi connectivity index (χ2n) is 3.61. The van der Waals surface area contributed by atoms with Gasteiger partial charge in [0.2, 0.25) is 0 Å². The molecule has 0 atom stereocenters. The fourth-order valence-corrected chi connectivity index (χ4v) is 2.37. The predicted octanol–water partition coefficient (Wildman–Crippen LogP) is 2.67. The Labute approximate surface area is 87.7 Å². The number of hydrogen-bond donors (Lipinski definition) is 1. The van der Waals surface area contributed by atoms with Gasteiger partial charge in [0, 0.05) is 11.9 Å². The Kier molecular flexibility index (Phi) is 2.56. The van der Waals surface area contributed by atoms with Crippen LogP contribution in [0.4, 0.5) is 0 Å². The molecule has 1 N–H and O–H groups in total. The first-order valence-electron chi connectivity index (χ1n) is 4.77. The lowest BCUT2D eigenvalue weighted by atomic mass is 10.0. The van der Waals surface area contributed by atoms with Gasteiger partial charge in [-0.2, -0.15) is 0 Å². The van der Waals surface area contributed by atoms with E-state index in [1.54, 1.807) is 11.3 Å². The van der Waals surface area contributed by atoms with E-state index in [4.69, 9.17) is 0 Å². The number of rotatable bonds is 1. The second-order valence-corrected chi connectivity index (χ2v) is 4.67. The summed E-state index contributed by atoms with van der Waals surface area (Å²) < 4.78 is 0. The molecule has 76 valence electrons. The summed E-state index contributed by atoms with van der Waals surface area (Å²) in [7, 11) is 0. The third-order valence-corrected chi connectivity index (χ3v) is 3.22. The topological polar surface area (TPSA) is 36.4 Å². The summed E-state index contributed by atoms with van der Waals surface area (Å²) in [5.41, 5.74) is 3.04. The highest BCUT2D eigenvalue weighted by atomic mass is 32.1. The van der Waals surface area contributed by atoms with E-state index in [9.17, 15) is 5.21 Å². The van der Waals surface area contributed by atoms with E-state index < -0.39 is 0 Å². The molecular weight excluding hydrogens is 196 g/mol. The molecule has 2 rings (SSSR count). The van der Waals surface area contributed by atoms with Gasteiger partial charge in [-0.25, -0.2) is 4.98 Å². The van der Waals surface area contributed by atoms with Gasteiger partial charge in [-0.05, 0) is 32.3 Å². The third-order valence-electron chi connectivity index (χ3n) is 2.45. The smallest absolute Gasteiger partial charge is 0.0998 e. The number of aryl methyl sites for hydroxylation is 1. The van der Waals surface area contributed by atoms with E-state index in [2.05, 4.69) is 11.9 Å². The van der Waals surface area contributed by atoms with Crippen LogP contribution < -0.4 is 0 Å². The Morgan fingerprint density at radius 3 is 2.86 bits per heavy atom. The fraction of sp³-hybridized carbons (Fsp3) is 0.500. The SMILES string of the molecule is CC1=C(c2csc(C)n2)N(O)CCC1. The maximum Gasteiger partial charge on any atom is 0.0998 e. The summed E-state index contributed by atoms with van der Waals surface area (Å²) >= 11 is 1.62. The Bertz CT molecular complexity index is 370. The summed E-state index contributed by atoms with van der Waals surface area (Å²) in [6.07, 6.45) is 2.08. The van der Waals surface area contributed by atoms with Crippen LogP contribution in [0, 0.1) is 6.92 Å². The number of hydrogen-bond acceptors (Lipinski definition) is 4. The Morgan fingerprint density at radius 2 is 2.29 bits per heavy atom. The van der Waals surface area contributed by atoms with Crippen molar-refractivity contribution in [3.05, 3.63) is 21.7 Å². The first kappa shape index (κ1) is 9.68. The van der Waals surface area contributed by atoms with Crippen molar-refractivity contribution in [1.29, 1.82) is 0 Å². The number of aromatic nitrogens is 1. The lowest BCUT2D eigenvalue weighted by Gasteiger charge is -2.26. The molecule has 0 saturated carbocycles. The van der Waals surface area contributed by atoms with Crippen molar-refractivity contribution in [3.8, 4) is 0 Å². The average Bonchev–Trinajstić information content (AvgIpc) is 2.51. The Morgan fingerprint density at radius 1 is 1.50 bits per heavy atom. The average molecular weight is 210 g/mol. The highest BCUT2D eigenvalue weighted by molar-refractivity contribution is 7.09. The van der Waals surface area contributed by atoms with E-state index in [0.29, 0.717) is 6.54 Å². The van der Waals surface area contributed by atoms with Gasteiger partial charge >= 0.3 is 0 Å². The summed E-state index contributed by atoms with van der Waals surface area (Å²) in [5.74, 6) is 0. The van der Waals surface area contributed by atoms with Crippen molar-refractivity contribution < 1.29 is 5.21 Å². The standard InChI is InChI=1S/C10H14N2OS/c1-7-4-3-5-12(13)10(7)9-6-14-8(2)11-9/h6,13H,3-5H2,1-2H3. The zero-order chi connectivity index (χ0) is 10.1. The molecule has 0 aliphatic carbocycles. The van der Waals surface area contributed by atoms with E-state index in [0.717, 1.165) is 29.2 Å². The minimum atomic E-state index is 0.712. The molecule has 0 fully saturated rings. The maximum absolute atomic E-state index is 9.74. The van der Waals surface area contributed by atoms with Gasteiger partial charge in [0.25, 0.3) is 0 Å². The lowest BCUT2D eigenvalue weighted by Crippen LogP contribution is -2.24. The first-order chi connectivity index (χ1) is 6.68. The molecule has 0 amide bonds. The molecule has 0 aromatic carbocycles.